The zero-order valence-corrected chi connectivity index (χ0v) is 12.9. The van der Waals surface area contributed by atoms with Crippen LogP contribution in [-0.4, -0.2) is 67.7 Å². The molecular weight excluding hydrogens is 303 g/mol. The molecule has 23 heavy (non-hydrogen) atoms. The lowest BCUT2D eigenvalue weighted by molar-refractivity contribution is -0.169. The fourth-order valence-electron chi connectivity index (χ4n) is 2.97. The van der Waals surface area contributed by atoms with E-state index in [9.17, 15) is 14.0 Å². The zero-order chi connectivity index (χ0) is 16.4. The maximum Gasteiger partial charge on any atom is 0.254 e. The molecule has 1 aromatic rings. The average molecular weight is 322 g/mol. The smallest absolute Gasteiger partial charge is 0.254 e. The van der Waals surface area contributed by atoms with Gasteiger partial charge in [-0.25, -0.2) is 4.39 Å². The van der Waals surface area contributed by atoms with Gasteiger partial charge in [-0.2, -0.15) is 0 Å². The molecule has 0 bridgehead atoms. The van der Waals surface area contributed by atoms with Gasteiger partial charge in [0.25, 0.3) is 5.91 Å². The molecule has 0 radical (unpaired) electrons. The van der Waals surface area contributed by atoms with E-state index >= 15 is 0 Å². The summed E-state index contributed by atoms with van der Waals surface area (Å²) in [6.07, 6.45) is -0.910. The molecule has 6 nitrogen and oxygen atoms in total. The summed E-state index contributed by atoms with van der Waals surface area (Å²) in [5, 5.41) is 0. The number of carbonyl (C=O) groups is 2. The Morgan fingerprint density at radius 1 is 1.26 bits per heavy atom. The minimum Gasteiger partial charge on any atom is -0.378 e. The molecule has 2 fully saturated rings. The summed E-state index contributed by atoms with van der Waals surface area (Å²) in [4.78, 5) is 27.8. The van der Waals surface area contributed by atoms with Crippen LogP contribution in [0.5, 0.6) is 0 Å². The van der Waals surface area contributed by atoms with Crippen LogP contribution in [-0.2, 0) is 19.1 Å². The average Bonchev–Trinajstić information content (AvgIpc) is 2.58. The maximum atomic E-state index is 14.2. The summed E-state index contributed by atoms with van der Waals surface area (Å²) in [6.45, 7) is 1.71. The highest BCUT2D eigenvalue weighted by Crippen LogP contribution is 2.31. The third-order valence-corrected chi connectivity index (χ3v) is 4.27. The van der Waals surface area contributed by atoms with E-state index in [1.54, 1.807) is 30.1 Å². The topological polar surface area (TPSA) is 59.1 Å². The molecule has 2 amide bonds. The Bertz CT molecular complexity index is 603. The molecule has 0 unspecified atom stereocenters. The van der Waals surface area contributed by atoms with Crippen LogP contribution in [0.1, 0.15) is 11.6 Å². The van der Waals surface area contributed by atoms with Crippen LogP contribution in [0.2, 0.25) is 0 Å². The van der Waals surface area contributed by atoms with Gasteiger partial charge >= 0.3 is 0 Å². The first-order valence-electron chi connectivity index (χ1n) is 7.58. The third-order valence-electron chi connectivity index (χ3n) is 4.27. The molecule has 0 N–H and O–H groups in total. The van der Waals surface area contributed by atoms with Crippen LogP contribution < -0.4 is 0 Å². The SMILES string of the molecule is CN1C(=O)CO[C@H](C(=O)N2CCOCC2)[C@H]1c1ccccc1F. The lowest BCUT2D eigenvalue weighted by Gasteiger charge is -2.40. The van der Waals surface area contributed by atoms with Crippen LogP contribution in [0.3, 0.4) is 0 Å². The molecule has 0 spiro atoms. The number of benzene rings is 1. The Hall–Kier alpha value is -1.99. The predicted octanol–water partition coefficient (Wildman–Crippen LogP) is 0.583. The molecule has 7 heteroatoms. The highest BCUT2D eigenvalue weighted by molar-refractivity contribution is 5.86. The number of nitrogens with zero attached hydrogens (tertiary/aromatic N) is 2. The molecule has 2 heterocycles. The van der Waals surface area contributed by atoms with Gasteiger partial charge < -0.3 is 19.3 Å². The molecule has 2 aliphatic heterocycles. The van der Waals surface area contributed by atoms with Crippen LogP contribution in [0.15, 0.2) is 24.3 Å². The highest BCUT2D eigenvalue weighted by Gasteiger charge is 2.43. The van der Waals surface area contributed by atoms with Crippen molar-refractivity contribution in [3.05, 3.63) is 35.6 Å². The second-order valence-corrected chi connectivity index (χ2v) is 5.64. The molecule has 124 valence electrons. The van der Waals surface area contributed by atoms with E-state index in [1.165, 1.54) is 11.0 Å². The van der Waals surface area contributed by atoms with Crippen molar-refractivity contribution in [2.75, 3.05) is 40.0 Å². The number of rotatable bonds is 2. The van der Waals surface area contributed by atoms with Crippen molar-refractivity contribution < 1.29 is 23.5 Å². The molecule has 2 saturated heterocycles. The summed E-state index contributed by atoms with van der Waals surface area (Å²) >= 11 is 0. The molecule has 0 saturated carbocycles. The first-order chi connectivity index (χ1) is 11.1. The quantitative estimate of drug-likeness (QED) is 0.799. The second kappa shape index (κ2) is 6.64. The number of likely N-dealkylation sites (N-methyl/N-ethyl adjacent to an activating group) is 1. The normalized spacial score (nSPS) is 25.6. The summed E-state index contributed by atoms with van der Waals surface area (Å²) in [5.41, 5.74) is 0.287. The van der Waals surface area contributed by atoms with Gasteiger partial charge in [0.2, 0.25) is 5.91 Å². The van der Waals surface area contributed by atoms with Gasteiger partial charge in [-0.1, -0.05) is 18.2 Å². The Labute approximate surface area is 133 Å². The Morgan fingerprint density at radius 3 is 2.65 bits per heavy atom. The number of hydrogen-bond acceptors (Lipinski definition) is 4. The number of ether oxygens (including phenoxy) is 2. The second-order valence-electron chi connectivity index (χ2n) is 5.64. The largest absolute Gasteiger partial charge is 0.378 e. The van der Waals surface area contributed by atoms with Crippen molar-refractivity contribution >= 4 is 11.8 Å². The van der Waals surface area contributed by atoms with Crippen molar-refractivity contribution in [1.29, 1.82) is 0 Å². The van der Waals surface area contributed by atoms with E-state index in [4.69, 9.17) is 9.47 Å². The minimum absolute atomic E-state index is 0.178. The summed E-state index contributed by atoms with van der Waals surface area (Å²) in [5.74, 6) is -0.965. The van der Waals surface area contributed by atoms with Crippen LogP contribution in [0.25, 0.3) is 0 Å². The van der Waals surface area contributed by atoms with Crippen LogP contribution in [0.4, 0.5) is 4.39 Å². The van der Waals surface area contributed by atoms with Gasteiger partial charge in [0.15, 0.2) is 6.10 Å². The molecule has 2 atom stereocenters. The predicted molar refractivity (Wildman–Crippen MR) is 79.1 cm³/mol. The summed E-state index contributed by atoms with van der Waals surface area (Å²) in [7, 11) is 1.57. The van der Waals surface area contributed by atoms with E-state index in [2.05, 4.69) is 0 Å². The van der Waals surface area contributed by atoms with E-state index in [0.29, 0.717) is 26.3 Å². The Kier molecular flexibility index (Phi) is 4.58. The first kappa shape index (κ1) is 15.9. The van der Waals surface area contributed by atoms with Crippen molar-refractivity contribution in [1.82, 2.24) is 9.80 Å². The van der Waals surface area contributed by atoms with Gasteiger partial charge in [-0.15, -0.1) is 0 Å². The van der Waals surface area contributed by atoms with Gasteiger partial charge in [0.05, 0.1) is 19.3 Å². The molecule has 0 aromatic heterocycles. The molecule has 1 aromatic carbocycles. The monoisotopic (exact) mass is 322 g/mol. The van der Waals surface area contributed by atoms with E-state index < -0.39 is 18.0 Å². The number of amides is 2. The van der Waals surface area contributed by atoms with Crippen LogP contribution >= 0.6 is 0 Å². The lowest BCUT2D eigenvalue weighted by Crippen LogP contribution is -2.55. The third kappa shape index (κ3) is 3.07. The number of morpholine rings is 2. The number of carbonyl (C=O) groups excluding carboxylic acids is 2. The van der Waals surface area contributed by atoms with E-state index in [1.807, 2.05) is 0 Å². The van der Waals surface area contributed by atoms with Crippen molar-refractivity contribution in [2.24, 2.45) is 0 Å². The Morgan fingerprint density at radius 2 is 1.96 bits per heavy atom. The zero-order valence-electron chi connectivity index (χ0n) is 12.9. The van der Waals surface area contributed by atoms with Crippen LogP contribution in [0, 0.1) is 5.82 Å². The van der Waals surface area contributed by atoms with Crippen molar-refractivity contribution in [3.63, 3.8) is 0 Å². The number of halogens is 1. The molecule has 2 aliphatic rings. The molecular formula is C16H19FN2O4. The molecule has 0 aliphatic carbocycles. The number of hydrogen-bond donors (Lipinski definition) is 0. The van der Waals surface area contributed by atoms with Crippen molar-refractivity contribution in [2.45, 2.75) is 12.1 Å². The van der Waals surface area contributed by atoms with Gasteiger partial charge in [0.1, 0.15) is 12.4 Å². The summed E-state index contributed by atoms with van der Waals surface area (Å²) in [6, 6.07) is 5.38. The standard InChI is InChI=1S/C16H19FN2O4/c1-18-13(20)10-23-15(16(21)19-6-8-22-9-7-19)14(18)11-4-2-3-5-12(11)17/h2-5,14-15H,6-10H2,1H3/t14-,15+/m1/s1. The lowest BCUT2D eigenvalue weighted by atomic mass is 9.96. The fourth-order valence-corrected chi connectivity index (χ4v) is 2.97. The highest BCUT2D eigenvalue weighted by atomic mass is 19.1. The van der Waals surface area contributed by atoms with Gasteiger partial charge in [-0.05, 0) is 6.07 Å². The van der Waals surface area contributed by atoms with Gasteiger partial charge in [-0.3, -0.25) is 9.59 Å². The molecule has 3 rings (SSSR count). The van der Waals surface area contributed by atoms with E-state index in [-0.39, 0.29) is 24.0 Å². The first-order valence-corrected chi connectivity index (χ1v) is 7.58. The van der Waals surface area contributed by atoms with Crippen molar-refractivity contribution in [3.8, 4) is 0 Å². The summed E-state index contributed by atoms with van der Waals surface area (Å²) < 4.78 is 25.0. The van der Waals surface area contributed by atoms with Gasteiger partial charge in [0, 0.05) is 25.7 Å². The van der Waals surface area contributed by atoms with E-state index in [0.717, 1.165) is 0 Å². The Balaban J connectivity index is 1.91. The maximum absolute atomic E-state index is 14.2. The minimum atomic E-state index is -0.910. The fraction of sp³-hybridized carbons (Fsp3) is 0.500.